The lowest BCUT2D eigenvalue weighted by Gasteiger charge is -2.16. The Morgan fingerprint density at radius 3 is 2.82 bits per heavy atom. The Hall–Kier alpha value is -2.78. The third-order valence-electron chi connectivity index (χ3n) is 4.69. The molecular weight excluding hydrogens is 367 g/mol. The fourth-order valence-corrected chi connectivity index (χ4v) is 3.21. The molecule has 2 aromatic rings. The maximum absolute atomic E-state index is 13.0. The summed E-state index contributed by atoms with van der Waals surface area (Å²) in [5.74, 6) is -1.40. The second-order valence-electron chi connectivity index (χ2n) is 6.61. The van der Waals surface area contributed by atoms with Crippen molar-refractivity contribution in [2.45, 2.75) is 32.0 Å². The van der Waals surface area contributed by atoms with Crippen molar-refractivity contribution in [3.63, 3.8) is 0 Å². The summed E-state index contributed by atoms with van der Waals surface area (Å²) in [4.78, 5) is 29.1. The molecule has 1 amide bonds. The smallest absolute Gasteiger partial charge is 0.296 e. The number of ether oxygens (including phenoxy) is 1. The van der Waals surface area contributed by atoms with E-state index in [1.54, 1.807) is 0 Å². The maximum atomic E-state index is 13.0. The van der Waals surface area contributed by atoms with Crippen molar-refractivity contribution >= 4 is 5.91 Å². The fraction of sp³-hybridized carbons (Fsp3) is 0.421. The first-order valence-corrected chi connectivity index (χ1v) is 9.08. The Kier molecular flexibility index (Phi) is 6.05. The number of hydrogen-bond donors (Lipinski definition) is 3. The number of rotatable bonds is 6. The SMILES string of the molecule is CCO[C@H]1CN[C@H](c2nc(C(=O)NCc3ccc(F)cc3)c(O)c(=O)n2C)C1. The summed E-state index contributed by atoms with van der Waals surface area (Å²) in [6.07, 6.45) is 0.603. The van der Waals surface area contributed by atoms with E-state index >= 15 is 0 Å². The van der Waals surface area contributed by atoms with Crippen LogP contribution in [0.4, 0.5) is 4.39 Å². The van der Waals surface area contributed by atoms with E-state index in [4.69, 9.17) is 4.74 Å². The van der Waals surface area contributed by atoms with E-state index in [9.17, 15) is 19.1 Å². The van der Waals surface area contributed by atoms with E-state index in [1.807, 2.05) is 6.92 Å². The predicted octanol–water partition coefficient (Wildman–Crippen LogP) is 0.994. The molecule has 1 fully saturated rings. The molecule has 1 aliphatic rings. The standard InChI is InChI=1S/C19H23FN4O4/c1-3-28-13-8-14(21-10-13)17-23-15(16(25)19(27)24(17)2)18(26)22-9-11-4-6-12(20)7-5-11/h4-7,13-14,21,25H,3,8-10H2,1-2H3,(H,22,26)/t13-,14+/m1/s1. The minimum absolute atomic E-state index is 0.00328. The predicted molar refractivity (Wildman–Crippen MR) is 99.5 cm³/mol. The van der Waals surface area contributed by atoms with E-state index in [0.717, 1.165) is 0 Å². The minimum atomic E-state index is -0.706. The van der Waals surface area contributed by atoms with Crippen molar-refractivity contribution in [2.75, 3.05) is 13.2 Å². The Bertz CT molecular complexity index is 913. The maximum Gasteiger partial charge on any atom is 0.296 e. The van der Waals surface area contributed by atoms with Gasteiger partial charge in [-0.3, -0.25) is 14.2 Å². The van der Waals surface area contributed by atoms with Gasteiger partial charge in [-0.05, 0) is 31.0 Å². The molecule has 1 saturated heterocycles. The third-order valence-corrected chi connectivity index (χ3v) is 4.69. The van der Waals surface area contributed by atoms with Gasteiger partial charge < -0.3 is 20.5 Å². The zero-order valence-corrected chi connectivity index (χ0v) is 15.7. The number of aromatic nitrogens is 2. The van der Waals surface area contributed by atoms with E-state index in [1.165, 1.54) is 35.9 Å². The van der Waals surface area contributed by atoms with E-state index in [2.05, 4.69) is 15.6 Å². The Morgan fingerprint density at radius 1 is 1.43 bits per heavy atom. The molecule has 3 rings (SSSR count). The number of aromatic hydroxyl groups is 1. The topological polar surface area (TPSA) is 105 Å². The minimum Gasteiger partial charge on any atom is -0.501 e. The molecule has 150 valence electrons. The van der Waals surface area contributed by atoms with Crippen molar-refractivity contribution in [3.05, 3.63) is 57.5 Å². The summed E-state index contributed by atoms with van der Waals surface area (Å²) in [6, 6.07) is 5.38. The van der Waals surface area contributed by atoms with Gasteiger partial charge in [-0.25, -0.2) is 9.37 Å². The number of carbonyl (C=O) groups excluding carboxylic acids is 1. The molecule has 3 N–H and O–H groups in total. The highest BCUT2D eigenvalue weighted by atomic mass is 19.1. The average molecular weight is 390 g/mol. The summed E-state index contributed by atoms with van der Waals surface area (Å²) in [5.41, 5.74) is -0.351. The molecule has 0 spiro atoms. The van der Waals surface area contributed by atoms with Crippen molar-refractivity contribution in [1.29, 1.82) is 0 Å². The van der Waals surface area contributed by atoms with E-state index < -0.39 is 17.2 Å². The molecule has 1 aromatic heterocycles. The number of hydrogen-bond acceptors (Lipinski definition) is 6. The molecule has 0 saturated carbocycles. The van der Waals surface area contributed by atoms with Crippen LogP contribution in [0.25, 0.3) is 0 Å². The number of amides is 1. The Labute approximate surface area is 161 Å². The van der Waals surface area contributed by atoms with Crippen LogP contribution in [-0.2, 0) is 18.3 Å². The van der Waals surface area contributed by atoms with Crippen molar-refractivity contribution < 1.29 is 19.0 Å². The first-order chi connectivity index (χ1) is 13.4. The number of nitrogens with one attached hydrogen (secondary N) is 2. The second-order valence-corrected chi connectivity index (χ2v) is 6.61. The lowest BCUT2D eigenvalue weighted by molar-refractivity contribution is 0.0754. The molecule has 0 bridgehead atoms. The zero-order chi connectivity index (χ0) is 20.3. The number of carbonyl (C=O) groups is 1. The van der Waals surface area contributed by atoms with Crippen molar-refractivity contribution in [2.24, 2.45) is 7.05 Å². The van der Waals surface area contributed by atoms with Gasteiger partial charge in [0.15, 0.2) is 5.69 Å². The van der Waals surface area contributed by atoms with Crippen molar-refractivity contribution in [1.82, 2.24) is 20.2 Å². The van der Waals surface area contributed by atoms with Crippen LogP contribution in [0.5, 0.6) is 5.75 Å². The van der Waals surface area contributed by atoms with E-state index in [0.29, 0.717) is 31.0 Å². The molecular formula is C19H23FN4O4. The van der Waals surface area contributed by atoms with Gasteiger partial charge in [0, 0.05) is 26.7 Å². The Morgan fingerprint density at radius 2 is 2.14 bits per heavy atom. The Balaban J connectivity index is 1.80. The van der Waals surface area contributed by atoms with Crippen molar-refractivity contribution in [3.8, 4) is 5.75 Å². The average Bonchev–Trinajstić information content (AvgIpc) is 3.14. The zero-order valence-electron chi connectivity index (χ0n) is 15.7. The van der Waals surface area contributed by atoms with Gasteiger partial charge in [0.1, 0.15) is 11.6 Å². The van der Waals surface area contributed by atoms with Gasteiger partial charge in [0.05, 0.1) is 12.1 Å². The largest absolute Gasteiger partial charge is 0.501 e. The fourth-order valence-electron chi connectivity index (χ4n) is 3.21. The van der Waals surface area contributed by atoms with Crippen LogP contribution in [-0.4, -0.2) is 39.8 Å². The first kappa shape index (κ1) is 20.0. The monoisotopic (exact) mass is 390 g/mol. The van der Waals surface area contributed by atoms with Crippen LogP contribution in [0.1, 0.15) is 41.3 Å². The normalized spacial score (nSPS) is 19.0. The molecule has 0 aliphatic carbocycles. The lowest BCUT2D eigenvalue weighted by Crippen LogP contribution is -2.32. The summed E-state index contributed by atoms with van der Waals surface area (Å²) >= 11 is 0. The highest BCUT2D eigenvalue weighted by Crippen LogP contribution is 2.24. The summed E-state index contributed by atoms with van der Waals surface area (Å²) in [6.45, 7) is 3.21. The molecule has 8 nitrogen and oxygen atoms in total. The molecule has 2 atom stereocenters. The van der Waals surface area contributed by atoms with Crippen LogP contribution < -0.4 is 16.2 Å². The highest BCUT2D eigenvalue weighted by molar-refractivity contribution is 5.94. The van der Waals surface area contributed by atoms with Gasteiger partial charge >= 0.3 is 0 Å². The quantitative estimate of drug-likeness (QED) is 0.680. The van der Waals surface area contributed by atoms with Gasteiger partial charge in [0.2, 0.25) is 5.75 Å². The summed E-state index contributed by atoms with van der Waals surface area (Å²) in [7, 11) is 1.50. The first-order valence-electron chi connectivity index (χ1n) is 9.08. The third kappa shape index (κ3) is 4.20. The van der Waals surface area contributed by atoms with Gasteiger partial charge in [-0.1, -0.05) is 12.1 Å². The lowest BCUT2D eigenvalue weighted by atomic mass is 10.1. The van der Waals surface area contributed by atoms with Gasteiger partial charge in [-0.15, -0.1) is 0 Å². The highest BCUT2D eigenvalue weighted by Gasteiger charge is 2.30. The summed E-state index contributed by atoms with van der Waals surface area (Å²) in [5, 5.41) is 16.0. The van der Waals surface area contributed by atoms with Gasteiger partial charge in [-0.2, -0.15) is 0 Å². The molecule has 1 aliphatic heterocycles. The second kappa shape index (κ2) is 8.49. The van der Waals surface area contributed by atoms with Crippen LogP contribution in [0.3, 0.4) is 0 Å². The van der Waals surface area contributed by atoms with Crippen LogP contribution in [0.2, 0.25) is 0 Å². The van der Waals surface area contributed by atoms with Gasteiger partial charge in [0.25, 0.3) is 11.5 Å². The molecule has 28 heavy (non-hydrogen) atoms. The summed E-state index contributed by atoms with van der Waals surface area (Å²) < 4.78 is 19.8. The van der Waals surface area contributed by atoms with Crippen LogP contribution in [0, 0.1) is 5.82 Å². The molecule has 0 unspecified atom stereocenters. The van der Waals surface area contributed by atoms with Crippen LogP contribution in [0.15, 0.2) is 29.1 Å². The number of benzene rings is 1. The van der Waals surface area contributed by atoms with Crippen LogP contribution >= 0.6 is 0 Å². The molecule has 1 aromatic carbocycles. The number of halogens is 1. The molecule has 9 heteroatoms. The number of nitrogens with zero attached hydrogens (tertiary/aromatic N) is 2. The van der Waals surface area contributed by atoms with E-state index in [-0.39, 0.29) is 30.2 Å². The molecule has 0 radical (unpaired) electrons. The molecule has 2 heterocycles.